The van der Waals surface area contributed by atoms with E-state index in [2.05, 4.69) is 106 Å². The third-order valence-corrected chi connectivity index (χ3v) is 10.9. The van der Waals surface area contributed by atoms with Gasteiger partial charge < -0.3 is 10.3 Å². The molecular formula is C51H36FN5. The molecule has 0 unspecified atom stereocenters. The minimum Gasteiger partial charge on any atom is -0.318 e. The second-order valence-electron chi connectivity index (χ2n) is 14.3. The number of nitrogens with zero attached hydrogens (tertiary/aromatic N) is 3. The third-order valence-electron chi connectivity index (χ3n) is 10.9. The molecule has 0 saturated carbocycles. The fourth-order valence-corrected chi connectivity index (χ4v) is 8.12. The topological polar surface area (TPSA) is 72.1 Å². The molecule has 8 aromatic carbocycles. The summed E-state index contributed by atoms with van der Waals surface area (Å²) in [5, 5.41) is 13.5. The second-order valence-corrected chi connectivity index (χ2v) is 14.3. The molecule has 0 aliphatic carbocycles. The van der Waals surface area contributed by atoms with Crippen LogP contribution in [0, 0.1) is 11.2 Å². The molecular weight excluding hydrogens is 702 g/mol. The molecule has 10 rings (SSSR count). The number of hydrogen-bond acceptors (Lipinski definition) is 2. The summed E-state index contributed by atoms with van der Waals surface area (Å²) in [7, 11) is 0. The Morgan fingerprint density at radius 1 is 0.491 bits per heavy atom. The Labute approximate surface area is 328 Å². The summed E-state index contributed by atoms with van der Waals surface area (Å²) >= 11 is 0. The predicted molar refractivity (Wildman–Crippen MR) is 234 cm³/mol. The van der Waals surface area contributed by atoms with E-state index < -0.39 is 6.04 Å². The Balaban J connectivity index is 1.05. The van der Waals surface area contributed by atoms with Crippen LogP contribution in [-0.4, -0.2) is 20.8 Å². The Hall–Kier alpha value is -7.41. The quantitative estimate of drug-likeness (QED) is 0.129. The van der Waals surface area contributed by atoms with Crippen LogP contribution in [0.15, 0.2) is 199 Å². The molecule has 57 heavy (non-hydrogen) atoms. The van der Waals surface area contributed by atoms with Gasteiger partial charge in [0, 0.05) is 32.8 Å². The predicted octanol–water partition coefficient (Wildman–Crippen LogP) is 12.3. The van der Waals surface area contributed by atoms with Crippen LogP contribution >= 0.6 is 0 Å². The highest BCUT2D eigenvalue weighted by Crippen LogP contribution is 2.37. The van der Waals surface area contributed by atoms with Crippen molar-refractivity contribution in [2.75, 3.05) is 0 Å². The molecule has 0 fully saturated rings. The number of para-hydroxylation sites is 2. The van der Waals surface area contributed by atoms with Gasteiger partial charge in [-0.05, 0) is 88.5 Å². The van der Waals surface area contributed by atoms with Crippen molar-refractivity contribution in [3.05, 3.63) is 211 Å². The van der Waals surface area contributed by atoms with Crippen LogP contribution in [0.1, 0.15) is 17.2 Å². The number of rotatable bonds is 6. The first-order chi connectivity index (χ1) is 28.0. The number of fused-ring (bicyclic) bond motifs is 6. The average Bonchev–Trinajstić information content (AvgIpc) is 3.78. The van der Waals surface area contributed by atoms with Crippen LogP contribution in [0.3, 0.4) is 0 Å². The van der Waals surface area contributed by atoms with Crippen LogP contribution in [-0.2, 0) is 0 Å². The molecule has 2 heterocycles. The largest absolute Gasteiger partial charge is 0.318 e. The van der Waals surface area contributed by atoms with Gasteiger partial charge in [-0.2, -0.15) is 0 Å². The maximum atomic E-state index is 13.8. The van der Waals surface area contributed by atoms with Gasteiger partial charge >= 0.3 is 0 Å². The molecule has 5 nitrogen and oxygen atoms in total. The van der Waals surface area contributed by atoms with E-state index >= 15 is 0 Å². The van der Waals surface area contributed by atoms with E-state index in [1.54, 1.807) is 0 Å². The number of aromatic nitrogens is 2. The zero-order chi connectivity index (χ0) is 38.5. The van der Waals surface area contributed by atoms with Gasteiger partial charge in [-0.25, -0.2) is 9.38 Å². The van der Waals surface area contributed by atoms with Crippen molar-refractivity contribution in [2.45, 2.75) is 6.04 Å². The van der Waals surface area contributed by atoms with Gasteiger partial charge in [0.1, 0.15) is 11.7 Å². The summed E-state index contributed by atoms with van der Waals surface area (Å²) in [4.78, 5) is 4.96. The van der Waals surface area contributed by atoms with Crippen LogP contribution in [0.5, 0.6) is 0 Å². The van der Waals surface area contributed by atoms with Gasteiger partial charge in [-0.3, -0.25) is 9.98 Å². The zero-order valence-electron chi connectivity index (χ0n) is 30.8. The molecule has 0 amide bonds. The molecule has 0 aliphatic rings. The Morgan fingerprint density at radius 2 is 0.965 bits per heavy atom. The summed E-state index contributed by atoms with van der Waals surface area (Å²) in [6.07, 6.45) is 0. The first-order valence-corrected chi connectivity index (χ1v) is 19.0. The SMILES string of the molecule is N=C(N=C([C@H](N)c1ccccc1)n1c2ccccc2c2cc(-c3ccc(-c4ccc5c(c4)c4ccccc4n5-c4ccc(F)cc4)cc3)ccc21)c1ccccc1. The highest BCUT2D eigenvalue weighted by atomic mass is 19.1. The number of nitrogens with one attached hydrogen (secondary N) is 1. The van der Waals surface area contributed by atoms with Crippen molar-refractivity contribution in [2.24, 2.45) is 10.7 Å². The lowest BCUT2D eigenvalue weighted by molar-refractivity contribution is 0.627. The van der Waals surface area contributed by atoms with E-state index in [1.807, 2.05) is 84.9 Å². The molecule has 0 aliphatic heterocycles. The van der Waals surface area contributed by atoms with E-state index in [-0.39, 0.29) is 11.7 Å². The van der Waals surface area contributed by atoms with Gasteiger partial charge in [-0.1, -0.05) is 133 Å². The zero-order valence-corrected chi connectivity index (χ0v) is 30.8. The number of hydrogen-bond donors (Lipinski definition) is 2. The van der Waals surface area contributed by atoms with E-state index in [9.17, 15) is 4.39 Å². The van der Waals surface area contributed by atoms with Crippen LogP contribution in [0.4, 0.5) is 4.39 Å². The fourth-order valence-electron chi connectivity index (χ4n) is 8.12. The molecule has 3 N–H and O–H groups in total. The second kappa shape index (κ2) is 14.0. The first kappa shape index (κ1) is 34.1. The maximum absolute atomic E-state index is 13.8. The van der Waals surface area contributed by atoms with E-state index in [0.717, 1.165) is 82.7 Å². The molecule has 0 saturated heterocycles. The van der Waals surface area contributed by atoms with Crippen molar-refractivity contribution in [3.63, 3.8) is 0 Å². The minimum atomic E-state index is -0.583. The number of amidine groups is 1. The lowest BCUT2D eigenvalue weighted by atomic mass is 9.98. The van der Waals surface area contributed by atoms with E-state index in [1.165, 1.54) is 12.1 Å². The lowest BCUT2D eigenvalue weighted by Crippen LogP contribution is -2.29. The summed E-state index contributed by atoms with van der Waals surface area (Å²) in [6.45, 7) is 0. The number of benzene rings is 8. The van der Waals surface area contributed by atoms with Crippen LogP contribution in [0.25, 0.3) is 71.6 Å². The third kappa shape index (κ3) is 6.00. The van der Waals surface area contributed by atoms with Gasteiger partial charge in [0.15, 0.2) is 5.84 Å². The van der Waals surface area contributed by atoms with Crippen LogP contribution < -0.4 is 5.73 Å². The van der Waals surface area contributed by atoms with Crippen molar-refractivity contribution >= 4 is 55.3 Å². The van der Waals surface area contributed by atoms with Crippen molar-refractivity contribution in [1.29, 1.82) is 5.41 Å². The summed E-state index contributed by atoms with van der Waals surface area (Å²) in [5.74, 6) is 0.481. The minimum absolute atomic E-state index is 0.150. The average molecular weight is 738 g/mol. The van der Waals surface area contributed by atoms with Gasteiger partial charge in [-0.15, -0.1) is 0 Å². The number of halogens is 1. The smallest absolute Gasteiger partial charge is 0.153 e. The molecule has 0 spiro atoms. The standard InChI is InChI=1S/C51H36FN5/c52-39-25-27-40(28-26-39)56-45-17-9-7-15-41(45)43-31-37(23-29-47(43)56)33-19-21-34(22-20-33)38-24-30-48-44(32-38)42-16-8-10-18-46(42)57(48)51(49(53)35-11-3-1-4-12-35)55-50(54)36-13-5-2-6-14-36/h1-32,49,54H,53H2/t49-/m1/s1. The van der Waals surface area contributed by atoms with Gasteiger partial charge in [0.2, 0.25) is 0 Å². The monoisotopic (exact) mass is 737 g/mol. The van der Waals surface area contributed by atoms with E-state index in [4.69, 9.17) is 16.1 Å². The van der Waals surface area contributed by atoms with Crippen LogP contribution in [0.2, 0.25) is 0 Å². The normalized spacial score (nSPS) is 12.5. The molecule has 10 aromatic rings. The number of nitrogens with two attached hydrogens (primary N) is 1. The molecule has 272 valence electrons. The Morgan fingerprint density at radius 3 is 1.61 bits per heavy atom. The molecule has 0 radical (unpaired) electrons. The molecule has 0 bridgehead atoms. The summed E-state index contributed by atoms with van der Waals surface area (Å²) in [5.41, 5.74) is 18.1. The maximum Gasteiger partial charge on any atom is 0.153 e. The number of aliphatic imine (C=N–C) groups is 1. The highest BCUT2D eigenvalue weighted by Gasteiger charge is 2.23. The summed E-state index contributed by atoms with van der Waals surface area (Å²) < 4.78 is 18.2. The van der Waals surface area contributed by atoms with Crippen molar-refractivity contribution < 1.29 is 4.39 Å². The van der Waals surface area contributed by atoms with Crippen molar-refractivity contribution in [3.8, 4) is 27.9 Å². The highest BCUT2D eigenvalue weighted by molar-refractivity contribution is 6.18. The lowest BCUT2D eigenvalue weighted by Gasteiger charge is -2.19. The molecule has 2 aromatic heterocycles. The van der Waals surface area contributed by atoms with E-state index in [0.29, 0.717) is 5.84 Å². The molecule has 6 heteroatoms. The summed E-state index contributed by atoms with van der Waals surface area (Å²) in [6, 6.07) is 64.1. The first-order valence-electron chi connectivity index (χ1n) is 19.0. The van der Waals surface area contributed by atoms with Crippen molar-refractivity contribution in [1.82, 2.24) is 9.13 Å². The van der Waals surface area contributed by atoms with Gasteiger partial charge in [0.25, 0.3) is 0 Å². The Bertz CT molecular complexity index is 3140. The fraction of sp³-hybridized carbons (Fsp3) is 0.0196. The Kier molecular flexibility index (Phi) is 8.39. The van der Waals surface area contributed by atoms with Gasteiger partial charge in [0.05, 0.1) is 28.1 Å². The molecule has 1 atom stereocenters.